The highest BCUT2D eigenvalue weighted by atomic mass is 32.1. The number of carbonyl (C=O) groups is 1. The predicted octanol–water partition coefficient (Wildman–Crippen LogP) is 1.27. The Bertz CT molecular complexity index is 458. The minimum atomic E-state index is -0.0657. The van der Waals surface area contributed by atoms with E-state index >= 15 is 0 Å². The van der Waals surface area contributed by atoms with Crippen molar-refractivity contribution in [3.05, 3.63) is 41.7 Å². The fourth-order valence-electron chi connectivity index (χ4n) is 1.23. The van der Waals surface area contributed by atoms with Crippen LogP contribution >= 0.6 is 11.3 Å². The van der Waals surface area contributed by atoms with Crippen molar-refractivity contribution < 1.29 is 4.79 Å². The molecule has 0 bridgehead atoms. The molecule has 88 valence electrons. The van der Waals surface area contributed by atoms with Crippen molar-refractivity contribution in [1.29, 1.82) is 0 Å². The number of aromatic nitrogens is 2. The normalized spacial score (nSPS) is 9.88. The van der Waals surface area contributed by atoms with E-state index in [2.05, 4.69) is 20.6 Å². The Morgan fingerprint density at radius 1 is 1.41 bits per heavy atom. The second-order valence-corrected chi connectivity index (χ2v) is 4.22. The molecule has 0 aliphatic heterocycles. The van der Waals surface area contributed by atoms with Crippen LogP contribution in [0.15, 0.2) is 36.1 Å². The molecule has 6 heteroatoms. The molecule has 0 aliphatic carbocycles. The number of thiazole rings is 1. The molecule has 0 aromatic carbocycles. The third kappa shape index (κ3) is 3.84. The number of carbonyl (C=O) groups excluding carboxylic acids is 1. The van der Waals surface area contributed by atoms with Gasteiger partial charge in [-0.1, -0.05) is 6.07 Å². The zero-order chi connectivity index (χ0) is 11.9. The van der Waals surface area contributed by atoms with Crippen molar-refractivity contribution in [2.75, 3.05) is 11.9 Å². The summed E-state index contributed by atoms with van der Waals surface area (Å²) in [6.45, 7) is 0.722. The Kier molecular flexibility index (Phi) is 4.04. The summed E-state index contributed by atoms with van der Waals surface area (Å²) in [5, 5.41) is 8.35. The Hall–Kier alpha value is -1.95. The molecular weight excluding hydrogens is 236 g/mol. The molecule has 0 fully saturated rings. The number of rotatable bonds is 5. The van der Waals surface area contributed by atoms with Crippen molar-refractivity contribution in [3.8, 4) is 0 Å². The Balaban J connectivity index is 1.71. The number of pyridine rings is 1. The molecule has 0 saturated carbocycles. The fourth-order valence-corrected chi connectivity index (χ4v) is 1.76. The van der Waals surface area contributed by atoms with Crippen LogP contribution in [-0.4, -0.2) is 22.4 Å². The van der Waals surface area contributed by atoms with Crippen LogP contribution in [0.25, 0.3) is 0 Å². The first-order valence-corrected chi connectivity index (χ1v) is 6.01. The maximum Gasteiger partial charge on any atom is 0.239 e. The standard InChI is InChI=1S/C11H12N4OS/c16-10(8-15-11-13-4-5-17-11)14-7-9-2-1-3-12-6-9/h1-6H,7-8H2,(H,13,15)(H,14,16). The summed E-state index contributed by atoms with van der Waals surface area (Å²) in [4.78, 5) is 19.5. The summed E-state index contributed by atoms with van der Waals surface area (Å²) in [6, 6.07) is 3.76. The summed E-state index contributed by atoms with van der Waals surface area (Å²) in [5.41, 5.74) is 0.982. The lowest BCUT2D eigenvalue weighted by molar-refractivity contribution is -0.119. The van der Waals surface area contributed by atoms with E-state index in [0.717, 1.165) is 10.7 Å². The summed E-state index contributed by atoms with van der Waals surface area (Å²) >= 11 is 1.47. The van der Waals surface area contributed by atoms with Crippen molar-refractivity contribution in [1.82, 2.24) is 15.3 Å². The van der Waals surface area contributed by atoms with E-state index in [-0.39, 0.29) is 12.5 Å². The van der Waals surface area contributed by atoms with E-state index in [1.165, 1.54) is 11.3 Å². The van der Waals surface area contributed by atoms with Crippen LogP contribution in [0.3, 0.4) is 0 Å². The summed E-state index contributed by atoms with van der Waals surface area (Å²) < 4.78 is 0. The van der Waals surface area contributed by atoms with Gasteiger partial charge in [-0.3, -0.25) is 9.78 Å². The highest BCUT2D eigenvalue weighted by Gasteiger charge is 2.02. The van der Waals surface area contributed by atoms with Crippen LogP contribution < -0.4 is 10.6 Å². The van der Waals surface area contributed by atoms with Gasteiger partial charge in [0.25, 0.3) is 0 Å². The minimum absolute atomic E-state index is 0.0657. The van der Waals surface area contributed by atoms with Gasteiger partial charge in [0.05, 0.1) is 6.54 Å². The molecule has 0 aliphatic rings. The molecular formula is C11H12N4OS. The van der Waals surface area contributed by atoms with Crippen LogP contribution in [0.1, 0.15) is 5.56 Å². The number of anilines is 1. The van der Waals surface area contributed by atoms with Gasteiger partial charge in [-0.2, -0.15) is 0 Å². The minimum Gasteiger partial charge on any atom is -0.352 e. The number of hydrogen-bond acceptors (Lipinski definition) is 5. The number of nitrogens with zero attached hydrogens (tertiary/aromatic N) is 2. The van der Waals surface area contributed by atoms with Gasteiger partial charge in [0.15, 0.2) is 5.13 Å². The Morgan fingerprint density at radius 2 is 2.35 bits per heavy atom. The fraction of sp³-hybridized carbons (Fsp3) is 0.182. The highest BCUT2D eigenvalue weighted by Crippen LogP contribution is 2.08. The van der Waals surface area contributed by atoms with Crippen molar-refractivity contribution in [2.24, 2.45) is 0 Å². The molecule has 5 nitrogen and oxygen atoms in total. The first kappa shape index (κ1) is 11.5. The first-order chi connectivity index (χ1) is 8.34. The quantitative estimate of drug-likeness (QED) is 0.836. The average Bonchev–Trinajstić information content (AvgIpc) is 2.88. The second kappa shape index (κ2) is 5.95. The lowest BCUT2D eigenvalue weighted by atomic mass is 10.3. The summed E-state index contributed by atoms with van der Waals surface area (Å²) in [6.07, 6.45) is 5.13. The monoisotopic (exact) mass is 248 g/mol. The molecule has 2 N–H and O–H groups in total. The third-order valence-electron chi connectivity index (χ3n) is 2.04. The van der Waals surface area contributed by atoms with Gasteiger partial charge >= 0.3 is 0 Å². The molecule has 0 spiro atoms. The van der Waals surface area contributed by atoms with Crippen molar-refractivity contribution in [3.63, 3.8) is 0 Å². The predicted molar refractivity (Wildman–Crippen MR) is 66.7 cm³/mol. The van der Waals surface area contributed by atoms with Gasteiger partial charge < -0.3 is 10.6 Å². The van der Waals surface area contributed by atoms with Gasteiger partial charge in [0, 0.05) is 30.5 Å². The molecule has 0 radical (unpaired) electrons. The van der Waals surface area contributed by atoms with E-state index < -0.39 is 0 Å². The van der Waals surface area contributed by atoms with Gasteiger partial charge in [0.2, 0.25) is 5.91 Å². The van der Waals surface area contributed by atoms with E-state index in [0.29, 0.717) is 6.54 Å². The highest BCUT2D eigenvalue weighted by molar-refractivity contribution is 7.13. The van der Waals surface area contributed by atoms with Crippen molar-refractivity contribution in [2.45, 2.75) is 6.54 Å². The average molecular weight is 248 g/mol. The molecule has 1 amide bonds. The smallest absolute Gasteiger partial charge is 0.239 e. The number of nitrogens with one attached hydrogen (secondary N) is 2. The zero-order valence-electron chi connectivity index (χ0n) is 9.09. The summed E-state index contributed by atoms with van der Waals surface area (Å²) in [5.74, 6) is -0.0657. The Labute approximate surface area is 103 Å². The van der Waals surface area contributed by atoms with Crippen molar-refractivity contribution >= 4 is 22.4 Å². The molecule has 2 aromatic rings. The molecule has 0 unspecified atom stereocenters. The van der Waals surface area contributed by atoms with Crippen LogP contribution in [0.4, 0.5) is 5.13 Å². The molecule has 0 saturated heterocycles. The van der Waals surface area contributed by atoms with Gasteiger partial charge in [-0.05, 0) is 11.6 Å². The zero-order valence-corrected chi connectivity index (χ0v) is 9.91. The third-order valence-corrected chi connectivity index (χ3v) is 2.78. The van der Waals surface area contributed by atoms with E-state index in [4.69, 9.17) is 0 Å². The second-order valence-electron chi connectivity index (χ2n) is 3.33. The topological polar surface area (TPSA) is 66.9 Å². The van der Waals surface area contributed by atoms with Crippen LogP contribution in [-0.2, 0) is 11.3 Å². The largest absolute Gasteiger partial charge is 0.352 e. The Morgan fingerprint density at radius 3 is 3.06 bits per heavy atom. The maximum absolute atomic E-state index is 11.5. The van der Waals surface area contributed by atoms with Gasteiger partial charge in [0.1, 0.15) is 0 Å². The number of hydrogen-bond donors (Lipinski definition) is 2. The molecule has 0 atom stereocenters. The lowest BCUT2D eigenvalue weighted by Crippen LogP contribution is -2.29. The van der Waals surface area contributed by atoms with Crippen LogP contribution in [0.2, 0.25) is 0 Å². The lowest BCUT2D eigenvalue weighted by Gasteiger charge is -2.05. The van der Waals surface area contributed by atoms with E-state index in [9.17, 15) is 4.79 Å². The SMILES string of the molecule is O=C(CNc1nccs1)NCc1cccnc1. The first-order valence-electron chi connectivity index (χ1n) is 5.13. The summed E-state index contributed by atoms with van der Waals surface area (Å²) in [7, 11) is 0. The van der Waals surface area contributed by atoms with E-state index in [1.54, 1.807) is 18.6 Å². The van der Waals surface area contributed by atoms with E-state index in [1.807, 2.05) is 17.5 Å². The maximum atomic E-state index is 11.5. The van der Waals surface area contributed by atoms with Gasteiger partial charge in [-0.15, -0.1) is 11.3 Å². The molecule has 2 aromatic heterocycles. The molecule has 2 rings (SSSR count). The van der Waals surface area contributed by atoms with Crippen LogP contribution in [0.5, 0.6) is 0 Å². The molecule has 2 heterocycles. The van der Waals surface area contributed by atoms with Gasteiger partial charge in [-0.25, -0.2) is 4.98 Å². The van der Waals surface area contributed by atoms with Crippen LogP contribution in [0, 0.1) is 0 Å². The number of amides is 1. The molecule has 17 heavy (non-hydrogen) atoms.